The van der Waals surface area contributed by atoms with Crippen LogP contribution in [0.15, 0.2) is 48.5 Å². The van der Waals surface area contributed by atoms with Gasteiger partial charge in [-0.05, 0) is 62.1 Å². The summed E-state index contributed by atoms with van der Waals surface area (Å²) in [5.74, 6) is -0.338. The van der Waals surface area contributed by atoms with Gasteiger partial charge in [-0.1, -0.05) is 35.9 Å². The fraction of sp³-hybridized carbons (Fsp3) is 0.409. The van der Waals surface area contributed by atoms with Crippen molar-refractivity contribution in [2.24, 2.45) is 0 Å². The Labute approximate surface area is 169 Å². The van der Waals surface area contributed by atoms with E-state index in [4.69, 9.17) is 16.3 Å². The van der Waals surface area contributed by atoms with Crippen molar-refractivity contribution in [2.45, 2.75) is 50.9 Å². The predicted octanol–water partition coefficient (Wildman–Crippen LogP) is 5.44. The summed E-state index contributed by atoms with van der Waals surface area (Å²) >= 11 is 5.96. The first-order chi connectivity index (χ1) is 13.3. The molecule has 28 heavy (non-hydrogen) atoms. The van der Waals surface area contributed by atoms with Crippen LogP contribution in [0.2, 0.25) is 5.02 Å². The van der Waals surface area contributed by atoms with E-state index < -0.39 is 17.8 Å². The molecular formula is C22H25ClFNO3. The molecule has 2 aromatic rings. The van der Waals surface area contributed by atoms with E-state index in [9.17, 15) is 14.3 Å². The van der Waals surface area contributed by atoms with Gasteiger partial charge in [-0.25, -0.2) is 9.18 Å². The fourth-order valence-corrected chi connectivity index (χ4v) is 3.79. The van der Waals surface area contributed by atoms with Gasteiger partial charge in [-0.15, -0.1) is 0 Å². The average molecular weight is 406 g/mol. The summed E-state index contributed by atoms with van der Waals surface area (Å²) in [6.45, 7) is 4.16. The predicted molar refractivity (Wildman–Crippen MR) is 107 cm³/mol. The van der Waals surface area contributed by atoms with Crippen molar-refractivity contribution < 1.29 is 19.0 Å². The second-order valence-electron chi connectivity index (χ2n) is 7.43. The molecule has 0 aliphatic carbocycles. The summed E-state index contributed by atoms with van der Waals surface area (Å²) in [5, 5.41) is 10.4. The normalized spacial score (nSPS) is 21.9. The first-order valence-corrected chi connectivity index (χ1v) is 9.88. The van der Waals surface area contributed by atoms with Gasteiger partial charge >= 0.3 is 6.09 Å². The van der Waals surface area contributed by atoms with Crippen LogP contribution in [-0.4, -0.2) is 28.7 Å². The van der Waals surface area contributed by atoms with Gasteiger partial charge in [0.2, 0.25) is 0 Å². The zero-order valence-corrected chi connectivity index (χ0v) is 16.8. The second kappa shape index (κ2) is 8.50. The summed E-state index contributed by atoms with van der Waals surface area (Å²) in [5.41, 5.74) is 0.860. The van der Waals surface area contributed by atoms with E-state index in [1.165, 1.54) is 12.1 Å². The van der Waals surface area contributed by atoms with E-state index in [2.05, 4.69) is 0 Å². The van der Waals surface area contributed by atoms with Crippen molar-refractivity contribution in [3.8, 4) is 0 Å². The third kappa shape index (κ3) is 4.47. The zero-order valence-electron chi connectivity index (χ0n) is 16.1. The third-order valence-corrected chi connectivity index (χ3v) is 5.68. The number of cyclic esters (lactones) is 1. The standard InChI is InChI=1S/C22H25ClFNO3/c1-15(26)11-12-22(18-5-9-20(24)10-6-18)13-14-25(21(27)28-22)16(2)17-3-7-19(23)8-4-17/h3-10,15-16,26H,11-14H2,1-2H3/t15?,16-,22+/m0/s1. The molecule has 6 heteroatoms. The highest BCUT2D eigenvalue weighted by atomic mass is 35.5. The molecule has 4 nitrogen and oxygen atoms in total. The van der Waals surface area contributed by atoms with Gasteiger partial charge < -0.3 is 14.7 Å². The Morgan fingerprint density at radius 3 is 2.39 bits per heavy atom. The quantitative estimate of drug-likeness (QED) is 0.696. The number of hydrogen-bond acceptors (Lipinski definition) is 3. The number of amides is 1. The molecule has 0 bridgehead atoms. The van der Waals surface area contributed by atoms with E-state index in [0.29, 0.717) is 30.8 Å². The van der Waals surface area contributed by atoms with Gasteiger partial charge in [-0.2, -0.15) is 0 Å². The number of ether oxygens (including phenoxy) is 1. The number of carbonyl (C=O) groups excluding carboxylic acids is 1. The van der Waals surface area contributed by atoms with Crippen LogP contribution in [-0.2, 0) is 10.3 Å². The minimum absolute atomic E-state index is 0.159. The molecule has 3 atom stereocenters. The third-order valence-electron chi connectivity index (χ3n) is 5.43. The molecule has 1 aliphatic rings. The first kappa shape index (κ1) is 20.6. The van der Waals surface area contributed by atoms with E-state index in [1.54, 1.807) is 36.1 Å². The van der Waals surface area contributed by atoms with Crippen molar-refractivity contribution in [1.29, 1.82) is 0 Å². The number of nitrogens with zero attached hydrogens (tertiary/aromatic N) is 1. The van der Waals surface area contributed by atoms with Gasteiger partial charge in [0.05, 0.1) is 12.1 Å². The lowest BCUT2D eigenvalue weighted by atomic mass is 9.83. The maximum Gasteiger partial charge on any atom is 0.411 e. The van der Waals surface area contributed by atoms with Crippen LogP contribution in [0.3, 0.4) is 0 Å². The number of benzene rings is 2. The van der Waals surface area contributed by atoms with Gasteiger partial charge in [0.15, 0.2) is 0 Å². The molecule has 1 amide bonds. The molecule has 0 aromatic heterocycles. The first-order valence-electron chi connectivity index (χ1n) is 9.50. The minimum Gasteiger partial charge on any atom is -0.438 e. The van der Waals surface area contributed by atoms with E-state index in [1.807, 2.05) is 19.1 Å². The van der Waals surface area contributed by atoms with E-state index in [-0.39, 0.29) is 11.9 Å². The summed E-state index contributed by atoms with van der Waals surface area (Å²) in [6.07, 6.45) is 0.600. The van der Waals surface area contributed by atoms with Crippen LogP contribution < -0.4 is 0 Å². The lowest BCUT2D eigenvalue weighted by Crippen LogP contribution is -2.49. The van der Waals surface area contributed by atoms with Crippen LogP contribution >= 0.6 is 11.6 Å². The second-order valence-corrected chi connectivity index (χ2v) is 7.86. The molecule has 0 saturated carbocycles. The maximum absolute atomic E-state index is 13.4. The highest BCUT2D eigenvalue weighted by Gasteiger charge is 2.43. The molecule has 0 spiro atoms. The minimum atomic E-state index is -0.863. The van der Waals surface area contributed by atoms with Crippen LogP contribution in [0.4, 0.5) is 9.18 Å². The molecular weight excluding hydrogens is 381 g/mol. The Bertz CT molecular complexity index is 810. The smallest absolute Gasteiger partial charge is 0.411 e. The van der Waals surface area contributed by atoms with Gasteiger partial charge in [0, 0.05) is 18.0 Å². The SMILES string of the molecule is CC(O)CC[C@]1(c2ccc(F)cc2)CCN([C@@H](C)c2ccc(Cl)cc2)C(=O)O1. The van der Waals surface area contributed by atoms with Gasteiger partial charge in [0.25, 0.3) is 0 Å². The highest BCUT2D eigenvalue weighted by Crippen LogP contribution is 2.40. The van der Waals surface area contributed by atoms with Gasteiger partial charge in [0.1, 0.15) is 11.4 Å². The molecule has 150 valence electrons. The maximum atomic E-state index is 13.4. The van der Waals surface area contributed by atoms with Crippen LogP contribution in [0.25, 0.3) is 0 Å². The lowest BCUT2D eigenvalue weighted by Gasteiger charge is -2.44. The fourth-order valence-electron chi connectivity index (χ4n) is 3.66. The van der Waals surface area contributed by atoms with Crippen molar-refractivity contribution in [3.05, 3.63) is 70.5 Å². The van der Waals surface area contributed by atoms with Crippen LogP contribution in [0.5, 0.6) is 0 Å². The van der Waals surface area contributed by atoms with Crippen molar-refractivity contribution >= 4 is 17.7 Å². The van der Waals surface area contributed by atoms with Crippen molar-refractivity contribution in [1.82, 2.24) is 4.90 Å². The Morgan fingerprint density at radius 2 is 1.82 bits per heavy atom. The molecule has 0 radical (unpaired) electrons. The molecule has 1 fully saturated rings. The Kier molecular flexibility index (Phi) is 6.26. The molecule has 3 rings (SSSR count). The number of rotatable bonds is 6. The summed E-state index contributed by atoms with van der Waals surface area (Å²) in [7, 11) is 0. The van der Waals surface area contributed by atoms with Crippen LogP contribution in [0, 0.1) is 5.82 Å². The molecule has 1 aliphatic heterocycles. The number of aliphatic hydroxyl groups is 1. The Morgan fingerprint density at radius 1 is 1.18 bits per heavy atom. The number of carbonyl (C=O) groups is 1. The topological polar surface area (TPSA) is 49.8 Å². The summed E-state index contributed by atoms with van der Waals surface area (Å²) in [4.78, 5) is 14.6. The molecule has 1 unspecified atom stereocenters. The monoisotopic (exact) mass is 405 g/mol. The molecule has 1 saturated heterocycles. The highest BCUT2D eigenvalue weighted by molar-refractivity contribution is 6.30. The average Bonchev–Trinajstić information content (AvgIpc) is 2.67. The lowest BCUT2D eigenvalue weighted by molar-refractivity contribution is -0.0705. The van der Waals surface area contributed by atoms with Crippen molar-refractivity contribution in [2.75, 3.05) is 6.54 Å². The van der Waals surface area contributed by atoms with E-state index in [0.717, 1.165) is 11.1 Å². The number of aliphatic hydroxyl groups excluding tert-OH is 1. The number of halogens is 2. The summed E-state index contributed by atoms with van der Waals surface area (Å²) in [6, 6.07) is 13.3. The molecule has 1 N–H and O–H groups in total. The van der Waals surface area contributed by atoms with Gasteiger partial charge in [-0.3, -0.25) is 0 Å². The van der Waals surface area contributed by atoms with Crippen LogP contribution in [0.1, 0.15) is 50.3 Å². The van der Waals surface area contributed by atoms with Crippen molar-refractivity contribution in [3.63, 3.8) is 0 Å². The number of hydrogen-bond donors (Lipinski definition) is 1. The van der Waals surface area contributed by atoms with E-state index >= 15 is 0 Å². The molecule has 1 heterocycles. The largest absolute Gasteiger partial charge is 0.438 e. The Balaban J connectivity index is 1.82. The zero-order chi connectivity index (χ0) is 20.3. The summed E-state index contributed by atoms with van der Waals surface area (Å²) < 4.78 is 19.3. The molecule has 2 aromatic carbocycles. The Hall–Kier alpha value is -2.11.